The summed E-state index contributed by atoms with van der Waals surface area (Å²) < 4.78 is 13.1. The average molecular weight is 362 g/mol. The highest BCUT2D eigenvalue weighted by molar-refractivity contribution is 5.80. The Morgan fingerprint density at radius 1 is 1.27 bits per heavy atom. The maximum Gasteiger partial charge on any atom is 0.317 e. The molecule has 1 aromatic rings. The molecule has 2 aliphatic heterocycles. The Balaban J connectivity index is 1.75. The molecule has 142 valence electrons. The molecule has 6 nitrogen and oxygen atoms in total. The van der Waals surface area contributed by atoms with Crippen molar-refractivity contribution in [3.63, 3.8) is 0 Å². The Morgan fingerprint density at radius 3 is 2.62 bits per heavy atom. The number of nitrogens with one attached hydrogen (secondary N) is 2. The molecular formula is C19H27FN4O2. The van der Waals surface area contributed by atoms with E-state index in [0.717, 1.165) is 18.7 Å². The minimum atomic E-state index is -0.276. The fraction of sp³-hybridized carbons (Fsp3) is 0.579. The second-order valence-corrected chi connectivity index (χ2v) is 7.82. The van der Waals surface area contributed by atoms with Gasteiger partial charge in [-0.2, -0.15) is 0 Å². The van der Waals surface area contributed by atoms with Gasteiger partial charge in [-0.05, 0) is 31.5 Å². The van der Waals surface area contributed by atoms with E-state index in [1.165, 1.54) is 12.1 Å². The zero-order valence-electron chi connectivity index (χ0n) is 15.4. The van der Waals surface area contributed by atoms with Crippen LogP contribution in [0.25, 0.3) is 0 Å². The van der Waals surface area contributed by atoms with Gasteiger partial charge in [0.2, 0.25) is 5.91 Å². The molecule has 0 aliphatic carbocycles. The lowest BCUT2D eigenvalue weighted by molar-refractivity contribution is -0.119. The van der Waals surface area contributed by atoms with Gasteiger partial charge < -0.3 is 15.5 Å². The molecule has 0 aromatic heterocycles. The SMILES string of the molecule is CC(C)NC(=O)N1CCN(Cc2ccc(F)cc2)C[C@]2(CNC(=O)C2)C1. The third-order valence-electron chi connectivity index (χ3n) is 4.99. The van der Waals surface area contributed by atoms with Crippen LogP contribution in [0, 0.1) is 11.2 Å². The lowest BCUT2D eigenvalue weighted by Gasteiger charge is -2.33. The maximum atomic E-state index is 13.1. The molecule has 7 heteroatoms. The van der Waals surface area contributed by atoms with Gasteiger partial charge in [0.05, 0.1) is 0 Å². The summed E-state index contributed by atoms with van der Waals surface area (Å²) in [6.07, 6.45) is 0.429. The van der Waals surface area contributed by atoms with Crippen molar-refractivity contribution in [1.29, 1.82) is 0 Å². The van der Waals surface area contributed by atoms with Crippen LogP contribution in [0.3, 0.4) is 0 Å². The zero-order chi connectivity index (χ0) is 18.7. The zero-order valence-corrected chi connectivity index (χ0v) is 15.4. The summed E-state index contributed by atoms with van der Waals surface area (Å²) in [5.41, 5.74) is 0.751. The van der Waals surface area contributed by atoms with Gasteiger partial charge in [-0.3, -0.25) is 9.69 Å². The Hall–Kier alpha value is -2.15. The van der Waals surface area contributed by atoms with Crippen LogP contribution in [-0.4, -0.2) is 60.5 Å². The molecule has 3 amide bonds. The molecule has 2 saturated heterocycles. The first-order valence-electron chi connectivity index (χ1n) is 9.14. The third-order valence-corrected chi connectivity index (χ3v) is 4.99. The summed E-state index contributed by atoms with van der Waals surface area (Å²) in [6.45, 7) is 7.75. The van der Waals surface area contributed by atoms with E-state index in [0.29, 0.717) is 32.6 Å². The van der Waals surface area contributed by atoms with E-state index in [4.69, 9.17) is 0 Å². The van der Waals surface area contributed by atoms with Gasteiger partial charge in [0, 0.05) is 57.1 Å². The molecule has 2 aliphatic rings. The van der Waals surface area contributed by atoms with Gasteiger partial charge in [-0.1, -0.05) is 12.1 Å². The van der Waals surface area contributed by atoms with E-state index in [-0.39, 0.29) is 29.2 Å². The first kappa shape index (κ1) is 18.6. The molecule has 26 heavy (non-hydrogen) atoms. The fourth-order valence-electron chi connectivity index (χ4n) is 3.82. The van der Waals surface area contributed by atoms with Crippen LogP contribution in [0.1, 0.15) is 25.8 Å². The van der Waals surface area contributed by atoms with Gasteiger partial charge in [0.1, 0.15) is 5.82 Å². The average Bonchev–Trinajstić information content (AvgIpc) is 2.82. The molecule has 1 spiro atoms. The van der Waals surface area contributed by atoms with Gasteiger partial charge >= 0.3 is 6.03 Å². The minimum Gasteiger partial charge on any atom is -0.355 e. The van der Waals surface area contributed by atoms with Crippen LogP contribution in [0.5, 0.6) is 0 Å². The topological polar surface area (TPSA) is 64.7 Å². The highest BCUT2D eigenvalue weighted by Crippen LogP contribution is 2.31. The summed E-state index contributed by atoms with van der Waals surface area (Å²) in [6, 6.07) is 6.49. The van der Waals surface area contributed by atoms with E-state index in [1.807, 2.05) is 18.7 Å². The number of urea groups is 1. The van der Waals surface area contributed by atoms with E-state index < -0.39 is 0 Å². The molecule has 3 rings (SSSR count). The second-order valence-electron chi connectivity index (χ2n) is 7.82. The summed E-state index contributed by atoms with van der Waals surface area (Å²) in [4.78, 5) is 28.5. The molecule has 0 radical (unpaired) electrons. The van der Waals surface area contributed by atoms with E-state index >= 15 is 0 Å². The number of hydrogen-bond acceptors (Lipinski definition) is 3. The van der Waals surface area contributed by atoms with E-state index in [2.05, 4.69) is 15.5 Å². The summed E-state index contributed by atoms with van der Waals surface area (Å²) in [7, 11) is 0. The molecule has 2 heterocycles. The fourth-order valence-corrected chi connectivity index (χ4v) is 3.82. The quantitative estimate of drug-likeness (QED) is 0.858. The molecule has 1 atom stereocenters. The van der Waals surface area contributed by atoms with Gasteiger partial charge in [-0.15, -0.1) is 0 Å². The number of nitrogens with zero attached hydrogens (tertiary/aromatic N) is 2. The smallest absolute Gasteiger partial charge is 0.317 e. The molecule has 2 fully saturated rings. The van der Waals surface area contributed by atoms with Crippen LogP contribution >= 0.6 is 0 Å². The number of amides is 3. The van der Waals surface area contributed by atoms with Crippen molar-refractivity contribution in [2.75, 3.05) is 32.7 Å². The normalized spacial score (nSPS) is 24.0. The van der Waals surface area contributed by atoms with E-state index in [1.54, 1.807) is 12.1 Å². The molecule has 0 unspecified atom stereocenters. The summed E-state index contributed by atoms with van der Waals surface area (Å²) in [5.74, 6) is -0.207. The van der Waals surface area contributed by atoms with Crippen molar-refractivity contribution in [1.82, 2.24) is 20.4 Å². The minimum absolute atomic E-state index is 0.0397. The number of carbonyl (C=O) groups excluding carboxylic acids is 2. The Labute approximate surface area is 153 Å². The number of rotatable bonds is 3. The van der Waals surface area contributed by atoms with Gasteiger partial charge in [-0.25, -0.2) is 9.18 Å². The Morgan fingerprint density at radius 2 is 2.00 bits per heavy atom. The van der Waals surface area contributed by atoms with Crippen LogP contribution in [0.2, 0.25) is 0 Å². The number of carbonyl (C=O) groups is 2. The van der Waals surface area contributed by atoms with Crippen LogP contribution in [0.15, 0.2) is 24.3 Å². The lowest BCUT2D eigenvalue weighted by Crippen LogP contribution is -2.48. The largest absolute Gasteiger partial charge is 0.355 e. The predicted molar refractivity (Wildman–Crippen MR) is 97.0 cm³/mol. The summed E-state index contributed by atoms with van der Waals surface area (Å²) in [5, 5.41) is 5.88. The standard InChI is InChI=1S/C19H27FN4O2/c1-14(2)22-18(26)24-8-7-23(10-15-3-5-16(20)6-4-15)12-19(13-24)9-17(25)21-11-19/h3-6,14H,7-13H2,1-2H3,(H,21,25)(H,22,26)/t19-/m0/s1. The third kappa shape index (κ3) is 4.52. The number of benzene rings is 1. The Kier molecular flexibility index (Phi) is 5.46. The van der Waals surface area contributed by atoms with Gasteiger partial charge in [0.15, 0.2) is 0 Å². The predicted octanol–water partition coefficient (Wildman–Crippen LogP) is 1.57. The van der Waals surface area contributed by atoms with E-state index in [9.17, 15) is 14.0 Å². The molecule has 0 bridgehead atoms. The molecule has 1 aromatic carbocycles. The van der Waals surface area contributed by atoms with Crippen molar-refractivity contribution < 1.29 is 14.0 Å². The highest BCUT2D eigenvalue weighted by Gasteiger charge is 2.43. The van der Waals surface area contributed by atoms with Crippen molar-refractivity contribution >= 4 is 11.9 Å². The monoisotopic (exact) mass is 362 g/mol. The Bertz CT molecular complexity index is 664. The van der Waals surface area contributed by atoms with Crippen molar-refractivity contribution in [3.05, 3.63) is 35.6 Å². The molecular weight excluding hydrogens is 335 g/mol. The van der Waals surface area contributed by atoms with Crippen LogP contribution in [-0.2, 0) is 11.3 Å². The first-order chi connectivity index (χ1) is 12.3. The van der Waals surface area contributed by atoms with Crippen molar-refractivity contribution in [2.45, 2.75) is 32.9 Å². The number of hydrogen-bond donors (Lipinski definition) is 2. The lowest BCUT2D eigenvalue weighted by atomic mass is 9.86. The first-order valence-corrected chi connectivity index (χ1v) is 9.14. The van der Waals surface area contributed by atoms with Crippen LogP contribution < -0.4 is 10.6 Å². The molecule has 0 saturated carbocycles. The van der Waals surface area contributed by atoms with Gasteiger partial charge in [0.25, 0.3) is 0 Å². The van der Waals surface area contributed by atoms with Crippen molar-refractivity contribution in [3.8, 4) is 0 Å². The highest BCUT2D eigenvalue weighted by atomic mass is 19.1. The second kappa shape index (κ2) is 7.61. The molecule has 2 N–H and O–H groups in total. The summed E-state index contributed by atoms with van der Waals surface area (Å²) >= 11 is 0. The number of halogens is 1. The van der Waals surface area contributed by atoms with Crippen molar-refractivity contribution in [2.24, 2.45) is 5.41 Å². The van der Waals surface area contributed by atoms with Crippen LogP contribution in [0.4, 0.5) is 9.18 Å². The maximum absolute atomic E-state index is 13.1.